The van der Waals surface area contributed by atoms with E-state index in [9.17, 15) is 9.59 Å². The minimum Gasteiger partial charge on any atom is -0.493 e. The minimum atomic E-state index is -0.317. The molecule has 0 aliphatic carbocycles. The maximum Gasteiger partial charge on any atom is 0.256 e. The van der Waals surface area contributed by atoms with Crippen molar-refractivity contribution in [2.75, 3.05) is 32.0 Å². The molecule has 0 aliphatic heterocycles. The van der Waals surface area contributed by atoms with Crippen LogP contribution >= 0.6 is 0 Å². The van der Waals surface area contributed by atoms with Crippen molar-refractivity contribution in [2.45, 2.75) is 6.92 Å². The van der Waals surface area contributed by atoms with Crippen LogP contribution in [0.25, 0.3) is 11.1 Å². The smallest absolute Gasteiger partial charge is 0.256 e. The average Bonchev–Trinajstić information content (AvgIpc) is 2.78. The fourth-order valence-corrected chi connectivity index (χ4v) is 3.25. The number of carbonyl (C=O) groups excluding carboxylic acids is 2. The first-order chi connectivity index (χ1) is 15.0. The summed E-state index contributed by atoms with van der Waals surface area (Å²) < 4.78 is 16.3. The second-order valence-corrected chi connectivity index (χ2v) is 6.64. The number of amides is 2. The molecule has 160 valence electrons. The monoisotopic (exact) mass is 420 g/mol. The standard InChI is InChI=1S/C24H24N2O5/c1-15(27)25-19-11-7-8-12-20(19)26-24(28)18-10-6-5-9-17(18)16-13-21(29-2)23(31-4)22(14-16)30-3/h5-14H,1-4H3,(H,25,27)(H,26,28). The maximum absolute atomic E-state index is 13.2. The molecule has 0 bridgehead atoms. The van der Waals surface area contributed by atoms with E-state index in [4.69, 9.17) is 14.2 Å². The zero-order valence-electron chi connectivity index (χ0n) is 17.8. The van der Waals surface area contributed by atoms with Crippen molar-refractivity contribution in [3.05, 3.63) is 66.2 Å². The SMILES string of the molecule is COc1cc(-c2ccccc2C(=O)Nc2ccccc2NC(C)=O)cc(OC)c1OC. The number of para-hydroxylation sites is 2. The van der Waals surface area contributed by atoms with Crippen molar-refractivity contribution < 1.29 is 23.8 Å². The van der Waals surface area contributed by atoms with Gasteiger partial charge in [0.25, 0.3) is 5.91 Å². The summed E-state index contributed by atoms with van der Waals surface area (Å²) in [6, 6.07) is 17.8. The number of rotatable bonds is 7. The topological polar surface area (TPSA) is 85.9 Å². The molecule has 0 spiro atoms. The van der Waals surface area contributed by atoms with E-state index >= 15 is 0 Å². The average molecular weight is 420 g/mol. The Morgan fingerprint density at radius 3 is 1.84 bits per heavy atom. The van der Waals surface area contributed by atoms with E-state index in [0.29, 0.717) is 39.8 Å². The fourth-order valence-electron chi connectivity index (χ4n) is 3.25. The Kier molecular flexibility index (Phi) is 6.77. The van der Waals surface area contributed by atoms with Gasteiger partial charge in [-0.25, -0.2) is 0 Å². The second kappa shape index (κ2) is 9.67. The van der Waals surface area contributed by atoms with E-state index in [1.165, 1.54) is 14.0 Å². The van der Waals surface area contributed by atoms with Gasteiger partial charge in [0.15, 0.2) is 11.5 Å². The largest absolute Gasteiger partial charge is 0.493 e. The molecule has 0 heterocycles. The van der Waals surface area contributed by atoms with Crippen molar-refractivity contribution in [2.24, 2.45) is 0 Å². The maximum atomic E-state index is 13.2. The van der Waals surface area contributed by atoms with Gasteiger partial charge in [-0.1, -0.05) is 30.3 Å². The van der Waals surface area contributed by atoms with Crippen molar-refractivity contribution >= 4 is 23.2 Å². The van der Waals surface area contributed by atoms with Crippen molar-refractivity contribution in [1.29, 1.82) is 0 Å². The van der Waals surface area contributed by atoms with Crippen LogP contribution in [0.1, 0.15) is 17.3 Å². The van der Waals surface area contributed by atoms with Gasteiger partial charge in [0, 0.05) is 12.5 Å². The molecule has 3 aromatic carbocycles. The molecule has 0 aromatic heterocycles. The Morgan fingerprint density at radius 2 is 1.29 bits per heavy atom. The number of nitrogens with one attached hydrogen (secondary N) is 2. The molecule has 3 aromatic rings. The Morgan fingerprint density at radius 1 is 0.742 bits per heavy atom. The first-order valence-electron chi connectivity index (χ1n) is 9.55. The van der Waals surface area contributed by atoms with Crippen LogP contribution in [0, 0.1) is 0 Å². The van der Waals surface area contributed by atoms with E-state index in [1.807, 2.05) is 12.1 Å². The van der Waals surface area contributed by atoms with Crippen LogP contribution in [0.2, 0.25) is 0 Å². The Hall–Kier alpha value is -4.00. The summed E-state index contributed by atoms with van der Waals surface area (Å²) in [6.45, 7) is 1.42. The number of carbonyl (C=O) groups is 2. The second-order valence-electron chi connectivity index (χ2n) is 6.64. The fraction of sp³-hybridized carbons (Fsp3) is 0.167. The number of hydrogen-bond acceptors (Lipinski definition) is 5. The molecule has 0 saturated carbocycles. The summed E-state index contributed by atoms with van der Waals surface area (Å²) in [6.07, 6.45) is 0. The predicted molar refractivity (Wildman–Crippen MR) is 120 cm³/mol. The quantitative estimate of drug-likeness (QED) is 0.584. The van der Waals surface area contributed by atoms with Crippen LogP contribution in [0.15, 0.2) is 60.7 Å². The van der Waals surface area contributed by atoms with Gasteiger partial charge < -0.3 is 24.8 Å². The molecule has 0 atom stereocenters. The molecular formula is C24H24N2O5. The molecular weight excluding hydrogens is 396 g/mol. The Labute approximate surface area is 180 Å². The molecule has 0 radical (unpaired) electrons. The van der Waals surface area contributed by atoms with E-state index in [2.05, 4.69) is 10.6 Å². The Balaban J connectivity index is 2.02. The number of hydrogen-bond donors (Lipinski definition) is 2. The highest BCUT2D eigenvalue weighted by atomic mass is 16.5. The molecule has 0 fully saturated rings. The molecule has 7 nitrogen and oxygen atoms in total. The zero-order chi connectivity index (χ0) is 22.4. The highest BCUT2D eigenvalue weighted by Crippen LogP contribution is 2.42. The van der Waals surface area contributed by atoms with E-state index < -0.39 is 0 Å². The molecule has 0 saturated heterocycles. The lowest BCUT2D eigenvalue weighted by Gasteiger charge is -2.16. The van der Waals surface area contributed by atoms with Gasteiger partial charge in [-0.15, -0.1) is 0 Å². The normalized spacial score (nSPS) is 10.2. The van der Waals surface area contributed by atoms with Crippen LogP contribution in [0.3, 0.4) is 0 Å². The highest BCUT2D eigenvalue weighted by molar-refractivity contribution is 6.10. The highest BCUT2D eigenvalue weighted by Gasteiger charge is 2.19. The van der Waals surface area contributed by atoms with E-state index in [1.54, 1.807) is 62.8 Å². The molecule has 2 N–H and O–H groups in total. The van der Waals surface area contributed by atoms with Gasteiger partial charge in [-0.05, 0) is 41.5 Å². The van der Waals surface area contributed by atoms with E-state index in [0.717, 1.165) is 5.56 Å². The summed E-state index contributed by atoms with van der Waals surface area (Å²) in [7, 11) is 4.62. The summed E-state index contributed by atoms with van der Waals surface area (Å²) >= 11 is 0. The number of ether oxygens (including phenoxy) is 3. The first kappa shape index (κ1) is 21.7. The Bertz CT molecular complexity index is 1090. The number of benzene rings is 3. The third-order valence-corrected chi connectivity index (χ3v) is 4.63. The summed E-state index contributed by atoms with van der Waals surface area (Å²) in [5.41, 5.74) is 2.90. The third kappa shape index (κ3) is 4.78. The zero-order valence-corrected chi connectivity index (χ0v) is 17.8. The molecule has 3 rings (SSSR count). The van der Waals surface area contributed by atoms with Gasteiger partial charge >= 0.3 is 0 Å². The minimum absolute atomic E-state index is 0.223. The van der Waals surface area contributed by atoms with Crippen LogP contribution in [0.5, 0.6) is 17.2 Å². The van der Waals surface area contributed by atoms with Gasteiger partial charge in [0.1, 0.15) is 0 Å². The first-order valence-corrected chi connectivity index (χ1v) is 9.55. The lowest BCUT2D eigenvalue weighted by molar-refractivity contribution is -0.114. The third-order valence-electron chi connectivity index (χ3n) is 4.63. The van der Waals surface area contributed by atoms with Crippen LogP contribution in [-0.2, 0) is 4.79 Å². The van der Waals surface area contributed by atoms with Crippen LogP contribution in [0.4, 0.5) is 11.4 Å². The summed E-state index contributed by atoms with van der Waals surface area (Å²) in [5, 5.41) is 5.60. The summed E-state index contributed by atoms with van der Waals surface area (Å²) in [5.74, 6) is 0.910. The molecule has 7 heteroatoms. The summed E-state index contributed by atoms with van der Waals surface area (Å²) in [4.78, 5) is 24.6. The van der Waals surface area contributed by atoms with Gasteiger partial charge in [0.2, 0.25) is 11.7 Å². The molecule has 0 aliphatic rings. The van der Waals surface area contributed by atoms with Gasteiger partial charge in [-0.2, -0.15) is 0 Å². The predicted octanol–water partition coefficient (Wildman–Crippen LogP) is 4.59. The van der Waals surface area contributed by atoms with Crippen molar-refractivity contribution in [1.82, 2.24) is 0 Å². The lowest BCUT2D eigenvalue weighted by atomic mass is 9.98. The molecule has 0 unspecified atom stereocenters. The van der Waals surface area contributed by atoms with Crippen molar-refractivity contribution in [3.63, 3.8) is 0 Å². The number of methoxy groups -OCH3 is 3. The van der Waals surface area contributed by atoms with Crippen LogP contribution in [-0.4, -0.2) is 33.1 Å². The van der Waals surface area contributed by atoms with Crippen LogP contribution < -0.4 is 24.8 Å². The molecule has 2 amide bonds. The number of anilines is 2. The van der Waals surface area contributed by atoms with E-state index in [-0.39, 0.29) is 11.8 Å². The van der Waals surface area contributed by atoms with Gasteiger partial charge in [-0.3, -0.25) is 9.59 Å². The van der Waals surface area contributed by atoms with Gasteiger partial charge in [0.05, 0.1) is 32.7 Å². The van der Waals surface area contributed by atoms with Crippen molar-refractivity contribution in [3.8, 4) is 28.4 Å². The lowest BCUT2D eigenvalue weighted by Crippen LogP contribution is -2.16. The molecule has 31 heavy (non-hydrogen) atoms.